The van der Waals surface area contributed by atoms with Crippen LogP contribution in [-0.4, -0.2) is 30.4 Å². The van der Waals surface area contributed by atoms with Gasteiger partial charge in [-0.05, 0) is 43.5 Å². The number of rotatable bonds is 5. The predicted octanol–water partition coefficient (Wildman–Crippen LogP) is 3.10. The third kappa shape index (κ3) is 4.22. The quantitative estimate of drug-likeness (QED) is 0.902. The number of carbonyl (C=O) groups is 1. The molecule has 19 heavy (non-hydrogen) atoms. The van der Waals surface area contributed by atoms with Gasteiger partial charge in [0.25, 0.3) is 5.91 Å². The SMILES string of the molecule is CCN(CC(C)(C)CN)C(=O)c1ccc(C)cc1Cl. The summed E-state index contributed by atoms with van der Waals surface area (Å²) >= 11 is 6.16. The molecule has 2 N–H and O–H groups in total. The first-order valence-corrected chi connectivity index (χ1v) is 6.94. The molecule has 1 aromatic carbocycles. The van der Waals surface area contributed by atoms with Gasteiger partial charge in [-0.1, -0.05) is 31.5 Å². The number of benzene rings is 1. The van der Waals surface area contributed by atoms with Crippen molar-refractivity contribution < 1.29 is 4.79 Å². The molecule has 0 fully saturated rings. The second-order valence-corrected chi connectivity index (χ2v) is 6.08. The molecular weight excluding hydrogens is 260 g/mol. The van der Waals surface area contributed by atoms with E-state index >= 15 is 0 Å². The van der Waals surface area contributed by atoms with Crippen LogP contribution in [0.25, 0.3) is 0 Å². The zero-order valence-corrected chi connectivity index (χ0v) is 12.9. The molecule has 1 aromatic rings. The summed E-state index contributed by atoms with van der Waals surface area (Å²) in [5.74, 6) is -0.0333. The van der Waals surface area contributed by atoms with E-state index < -0.39 is 0 Å². The highest BCUT2D eigenvalue weighted by Crippen LogP contribution is 2.22. The lowest BCUT2D eigenvalue weighted by molar-refractivity contribution is 0.0701. The minimum absolute atomic E-state index is 0.0333. The normalized spacial score (nSPS) is 11.5. The fourth-order valence-electron chi connectivity index (χ4n) is 1.87. The molecule has 0 bridgehead atoms. The Morgan fingerprint density at radius 3 is 2.53 bits per heavy atom. The van der Waals surface area contributed by atoms with E-state index in [2.05, 4.69) is 13.8 Å². The molecule has 0 aromatic heterocycles. The van der Waals surface area contributed by atoms with Gasteiger partial charge in [-0.15, -0.1) is 0 Å². The van der Waals surface area contributed by atoms with Gasteiger partial charge in [0.2, 0.25) is 0 Å². The summed E-state index contributed by atoms with van der Waals surface area (Å²) in [4.78, 5) is 14.3. The number of amides is 1. The van der Waals surface area contributed by atoms with Crippen LogP contribution >= 0.6 is 11.6 Å². The highest BCUT2D eigenvalue weighted by molar-refractivity contribution is 6.33. The van der Waals surface area contributed by atoms with Crippen molar-refractivity contribution in [1.29, 1.82) is 0 Å². The number of aryl methyl sites for hydroxylation is 1. The molecule has 0 aliphatic heterocycles. The number of halogens is 1. The Balaban J connectivity index is 2.96. The molecule has 1 rings (SSSR count). The van der Waals surface area contributed by atoms with Gasteiger partial charge < -0.3 is 10.6 Å². The molecule has 3 nitrogen and oxygen atoms in total. The summed E-state index contributed by atoms with van der Waals surface area (Å²) in [6.07, 6.45) is 0. The van der Waals surface area contributed by atoms with Crippen LogP contribution in [0.3, 0.4) is 0 Å². The van der Waals surface area contributed by atoms with E-state index in [1.54, 1.807) is 11.0 Å². The number of carbonyl (C=O) groups excluding carboxylic acids is 1. The zero-order valence-electron chi connectivity index (χ0n) is 12.2. The Morgan fingerprint density at radius 2 is 2.05 bits per heavy atom. The summed E-state index contributed by atoms with van der Waals surface area (Å²) in [6, 6.07) is 5.51. The molecule has 106 valence electrons. The zero-order chi connectivity index (χ0) is 14.6. The third-order valence-electron chi connectivity index (χ3n) is 3.20. The van der Waals surface area contributed by atoms with E-state index in [1.165, 1.54) is 0 Å². The molecule has 0 unspecified atom stereocenters. The average molecular weight is 283 g/mol. The molecule has 0 heterocycles. The number of nitrogens with two attached hydrogens (primary N) is 1. The first kappa shape index (κ1) is 16.0. The molecule has 0 saturated heterocycles. The molecule has 0 spiro atoms. The lowest BCUT2D eigenvalue weighted by atomic mass is 9.93. The van der Waals surface area contributed by atoms with Crippen molar-refractivity contribution in [3.63, 3.8) is 0 Å². The topological polar surface area (TPSA) is 46.3 Å². The predicted molar refractivity (Wildman–Crippen MR) is 80.6 cm³/mol. The summed E-state index contributed by atoms with van der Waals surface area (Å²) in [7, 11) is 0. The van der Waals surface area contributed by atoms with E-state index in [0.29, 0.717) is 30.2 Å². The van der Waals surface area contributed by atoms with E-state index in [1.807, 2.05) is 26.0 Å². The number of hydrogen-bond acceptors (Lipinski definition) is 2. The molecular formula is C15H23ClN2O. The van der Waals surface area contributed by atoms with Crippen molar-refractivity contribution in [3.8, 4) is 0 Å². The van der Waals surface area contributed by atoms with E-state index in [0.717, 1.165) is 5.56 Å². The maximum Gasteiger partial charge on any atom is 0.255 e. The van der Waals surface area contributed by atoms with Crippen LogP contribution in [0.2, 0.25) is 5.02 Å². The Kier molecular flexibility index (Phi) is 5.39. The van der Waals surface area contributed by atoms with Crippen LogP contribution < -0.4 is 5.73 Å². The molecule has 1 amide bonds. The van der Waals surface area contributed by atoms with Gasteiger partial charge >= 0.3 is 0 Å². The maximum absolute atomic E-state index is 12.5. The fraction of sp³-hybridized carbons (Fsp3) is 0.533. The van der Waals surface area contributed by atoms with Crippen LogP contribution in [0.15, 0.2) is 18.2 Å². The number of hydrogen-bond donors (Lipinski definition) is 1. The van der Waals surface area contributed by atoms with Crippen LogP contribution in [0, 0.1) is 12.3 Å². The summed E-state index contributed by atoms with van der Waals surface area (Å²) < 4.78 is 0. The fourth-order valence-corrected chi connectivity index (χ4v) is 2.19. The van der Waals surface area contributed by atoms with Gasteiger partial charge in [0.1, 0.15) is 0 Å². The van der Waals surface area contributed by atoms with Crippen LogP contribution in [0.4, 0.5) is 0 Å². The lowest BCUT2D eigenvalue weighted by Crippen LogP contribution is -2.42. The first-order chi connectivity index (χ1) is 8.80. The number of nitrogens with zero attached hydrogens (tertiary/aromatic N) is 1. The second-order valence-electron chi connectivity index (χ2n) is 5.67. The molecule has 4 heteroatoms. The first-order valence-electron chi connectivity index (χ1n) is 6.56. The van der Waals surface area contributed by atoms with Gasteiger partial charge in [0.15, 0.2) is 0 Å². The highest BCUT2D eigenvalue weighted by atomic mass is 35.5. The van der Waals surface area contributed by atoms with Crippen molar-refractivity contribution in [2.75, 3.05) is 19.6 Å². The third-order valence-corrected chi connectivity index (χ3v) is 3.51. The molecule has 0 aliphatic carbocycles. The van der Waals surface area contributed by atoms with Crippen molar-refractivity contribution in [1.82, 2.24) is 4.90 Å². The minimum Gasteiger partial charge on any atom is -0.338 e. The van der Waals surface area contributed by atoms with Gasteiger partial charge in [0.05, 0.1) is 10.6 Å². The minimum atomic E-state index is -0.0944. The summed E-state index contributed by atoms with van der Waals surface area (Å²) in [6.45, 7) is 9.84. The highest BCUT2D eigenvalue weighted by Gasteiger charge is 2.24. The van der Waals surface area contributed by atoms with Gasteiger partial charge in [-0.2, -0.15) is 0 Å². The Morgan fingerprint density at radius 1 is 1.42 bits per heavy atom. The van der Waals surface area contributed by atoms with Crippen molar-refractivity contribution in [2.45, 2.75) is 27.7 Å². The maximum atomic E-state index is 12.5. The monoisotopic (exact) mass is 282 g/mol. The Bertz CT molecular complexity index is 457. The van der Waals surface area contributed by atoms with Gasteiger partial charge in [-0.25, -0.2) is 0 Å². The molecule has 0 saturated carbocycles. The van der Waals surface area contributed by atoms with E-state index in [-0.39, 0.29) is 11.3 Å². The van der Waals surface area contributed by atoms with Crippen molar-refractivity contribution >= 4 is 17.5 Å². The molecule has 0 radical (unpaired) electrons. The molecule has 0 atom stereocenters. The van der Waals surface area contributed by atoms with Gasteiger partial charge in [0, 0.05) is 13.1 Å². The smallest absolute Gasteiger partial charge is 0.255 e. The standard InChI is InChI=1S/C15H23ClN2O/c1-5-18(10-15(3,4)9-17)14(19)12-7-6-11(2)8-13(12)16/h6-8H,5,9-10,17H2,1-4H3. The largest absolute Gasteiger partial charge is 0.338 e. The van der Waals surface area contributed by atoms with Crippen LogP contribution in [0.5, 0.6) is 0 Å². The van der Waals surface area contributed by atoms with E-state index in [4.69, 9.17) is 17.3 Å². The Labute approximate surface area is 120 Å². The lowest BCUT2D eigenvalue weighted by Gasteiger charge is -2.31. The average Bonchev–Trinajstić information content (AvgIpc) is 2.35. The van der Waals surface area contributed by atoms with Gasteiger partial charge in [-0.3, -0.25) is 4.79 Å². The summed E-state index contributed by atoms with van der Waals surface area (Å²) in [5, 5.41) is 0.508. The van der Waals surface area contributed by atoms with Crippen LogP contribution in [-0.2, 0) is 0 Å². The van der Waals surface area contributed by atoms with Crippen LogP contribution in [0.1, 0.15) is 36.7 Å². The van der Waals surface area contributed by atoms with E-state index in [9.17, 15) is 4.79 Å². The summed E-state index contributed by atoms with van der Waals surface area (Å²) in [5.41, 5.74) is 7.24. The molecule has 0 aliphatic rings. The van der Waals surface area contributed by atoms with Crippen molar-refractivity contribution in [2.24, 2.45) is 11.1 Å². The second kappa shape index (κ2) is 6.40. The van der Waals surface area contributed by atoms with Crippen molar-refractivity contribution in [3.05, 3.63) is 34.3 Å². The Hall–Kier alpha value is -1.06.